The number of carbonyl (C=O) groups excluding carboxylic acids is 4. The minimum Gasteiger partial charge on any atom is -0.420 e. The Bertz CT molecular complexity index is 1620. The Morgan fingerprint density at radius 3 is 1.19 bits per heavy atom. The first-order valence-electron chi connectivity index (χ1n) is 19.8. The number of rotatable bonds is 10. The molecule has 54 heavy (non-hydrogen) atoms. The van der Waals surface area contributed by atoms with Crippen molar-refractivity contribution in [2.24, 2.45) is 23.7 Å². The van der Waals surface area contributed by atoms with Crippen molar-refractivity contribution in [2.75, 3.05) is 0 Å². The second kappa shape index (κ2) is 17.5. The average molecular weight is 741 g/mol. The summed E-state index contributed by atoms with van der Waals surface area (Å²) in [6.07, 6.45) is 16.6. The lowest BCUT2D eigenvalue weighted by Gasteiger charge is -2.25. The molecule has 2 saturated heterocycles. The first-order chi connectivity index (χ1) is 26.2. The van der Waals surface area contributed by atoms with E-state index in [1.54, 1.807) is 0 Å². The van der Waals surface area contributed by atoms with E-state index in [0.717, 1.165) is 62.5 Å². The summed E-state index contributed by atoms with van der Waals surface area (Å²) in [5.74, 6) is -1.90. The third-order valence-electron chi connectivity index (χ3n) is 11.5. The smallest absolute Gasteiger partial charge is 0.312 e. The van der Waals surface area contributed by atoms with Crippen molar-refractivity contribution in [2.45, 2.75) is 128 Å². The first-order valence-corrected chi connectivity index (χ1v) is 19.8. The topological polar surface area (TPSA) is 130 Å². The van der Waals surface area contributed by atoms with Crippen molar-refractivity contribution in [3.8, 4) is 0 Å². The Kier molecular flexibility index (Phi) is 12.3. The number of ether oxygens (including phenoxy) is 6. The largest absolute Gasteiger partial charge is 0.420 e. The molecular weight excluding hydrogens is 688 g/mol. The van der Waals surface area contributed by atoms with Gasteiger partial charge in [0.1, 0.15) is 0 Å². The van der Waals surface area contributed by atoms with Crippen molar-refractivity contribution in [3.63, 3.8) is 0 Å². The zero-order valence-electron chi connectivity index (χ0n) is 31.3. The van der Waals surface area contributed by atoms with Gasteiger partial charge in [-0.2, -0.15) is 0 Å². The van der Waals surface area contributed by atoms with E-state index in [9.17, 15) is 19.2 Å². The molecule has 0 bridgehead atoms. The monoisotopic (exact) mass is 740 g/mol. The molecule has 0 spiro atoms. The number of carbonyl (C=O) groups is 4. The molecule has 4 fully saturated rings. The highest BCUT2D eigenvalue weighted by atomic mass is 16.7. The number of benzene rings is 2. The van der Waals surface area contributed by atoms with Crippen molar-refractivity contribution >= 4 is 23.9 Å². The fourth-order valence-corrected chi connectivity index (χ4v) is 7.83. The van der Waals surface area contributed by atoms with Crippen LogP contribution < -0.4 is 0 Å². The van der Waals surface area contributed by atoms with E-state index in [-0.39, 0.29) is 59.8 Å². The second-order valence-electron chi connectivity index (χ2n) is 15.6. The van der Waals surface area contributed by atoms with Gasteiger partial charge >= 0.3 is 23.9 Å². The lowest BCUT2D eigenvalue weighted by atomic mass is 9.89. The standard InChI is InChI=1S/C22H26O6.C22H26O4/c1-12-2-4-13(5-3-12)22(27-20(23)14-6-8-16-18(10-14)25-16)28-21(24)15-7-9-17-19(11-15)26-17;1-16-12-14-19(15-13-16)22(25-20(23)17-8-4-2-5-9-17)26-21(24)18-10-6-3-7-11-18/h2-5,14-19,22H,6-11H2,1H3;2-4,6,12-15,17-18,22H,5,7-11H2,1H3. The Morgan fingerprint density at radius 2 is 0.852 bits per heavy atom. The van der Waals surface area contributed by atoms with Gasteiger partial charge in [-0.25, -0.2) is 0 Å². The van der Waals surface area contributed by atoms with Gasteiger partial charge in [0.15, 0.2) is 0 Å². The lowest BCUT2D eigenvalue weighted by molar-refractivity contribution is -0.198. The SMILES string of the molecule is Cc1ccc(C(OC(=O)C2CC=CCC2)OC(=O)C2CC=CCC2)cc1.Cc1ccc(C(OC(=O)C2CCC3OC3C2)OC(=O)C2CCC3OC3C2)cc1. The van der Waals surface area contributed by atoms with E-state index in [1.807, 2.05) is 74.5 Å². The van der Waals surface area contributed by atoms with Gasteiger partial charge in [0.25, 0.3) is 12.6 Å². The second-order valence-corrected chi connectivity index (χ2v) is 15.6. The number of hydrogen-bond donors (Lipinski definition) is 0. The van der Waals surface area contributed by atoms with Crippen molar-refractivity contribution < 1.29 is 47.6 Å². The summed E-state index contributed by atoms with van der Waals surface area (Å²) in [5, 5.41) is 0. The van der Waals surface area contributed by atoms with Crippen LogP contribution >= 0.6 is 0 Å². The summed E-state index contributed by atoms with van der Waals surface area (Å²) in [7, 11) is 0. The van der Waals surface area contributed by atoms with E-state index in [0.29, 0.717) is 49.0 Å². The molecule has 6 aliphatic rings. The predicted octanol–water partition coefficient (Wildman–Crippen LogP) is 8.01. The fourth-order valence-electron chi connectivity index (χ4n) is 7.83. The van der Waals surface area contributed by atoms with Gasteiger partial charge in [0.2, 0.25) is 0 Å². The van der Waals surface area contributed by atoms with E-state index in [1.165, 1.54) is 0 Å². The molecule has 10 nitrogen and oxygen atoms in total. The quantitative estimate of drug-likeness (QED) is 0.102. The molecular formula is C44H52O10. The van der Waals surface area contributed by atoms with Crippen LogP contribution in [0, 0.1) is 37.5 Å². The molecule has 2 aliphatic heterocycles. The normalized spacial score (nSPS) is 30.1. The maximum atomic E-state index is 12.7. The van der Waals surface area contributed by atoms with Crippen LogP contribution in [0.1, 0.15) is 112 Å². The molecule has 2 aromatic carbocycles. The molecule has 8 atom stereocenters. The molecule has 2 saturated carbocycles. The number of esters is 4. The summed E-state index contributed by atoms with van der Waals surface area (Å²) in [4.78, 5) is 50.6. The molecule has 0 radical (unpaired) electrons. The number of hydrogen-bond acceptors (Lipinski definition) is 10. The summed E-state index contributed by atoms with van der Waals surface area (Å²) in [6.45, 7) is 3.97. The highest BCUT2D eigenvalue weighted by Crippen LogP contribution is 2.42. The van der Waals surface area contributed by atoms with Gasteiger partial charge in [-0.05, 0) is 90.9 Å². The van der Waals surface area contributed by atoms with Gasteiger partial charge in [0.05, 0.1) is 48.1 Å². The first kappa shape index (κ1) is 38.0. The molecule has 10 heteroatoms. The van der Waals surface area contributed by atoms with Crippen LogP contribution in [0.5, 0.6) is 0 Å². The number of fused-ring (bicyclic) bond motifs is 2. The third-order valence-corrected chi connectivity index (χ3v) is 11.5. The summed E-state index contributed by atoms with van der Waals surface area (Å²) in [6, 6.07) is 15.1. The van der Waals surface area contributed by atoms with Gasteiger partial charge in [-0.15, -0.1) is 0 Å². The molecule has 0 N–H and O–H groups in total. The van der Waals surface area contributed by atoms with Gasteiger partial charge in [-0.3, -0.25) is 19.2 Å². The van der Waals surface area contributed by atoms with E-state index < -0.39 is 12.6 Å². The summed E-state index contributed by atoms with van der Waals surface area (Å²) in [5.41, 5.74) is 3.56. The number of aryl methyl sites for hydroxylation is 2. The Morgan fingerprint density at radius 1 is 0.481 bits per heavy atom. The van der Waals surface area contributed by atoms with Crippen LogP contribution in [0.25, 0.3) is 0 Å². The van der Waals surface area contributed by atoms with Gasteiger partial charge in [-0.1, -0.05) is 84.0 Å². The van der Waals surface area contributed by atoms with Crippen LogP contribution in [0.4, 0.5) is 0 Å². The van der Waals surface area contributed by atoms with Gasteiger partial charge < -0.3 is 28.4 Å². The summed E-state index contributed by atoms with van der Waals surface area (Å²) < 4.78 is 33.7. The molecule has 8 rings (SSSR count). The fraction of sp³-hybridized carbons (Fsp3) is 0.545. The van der Waals surface area contributed by atoms with Crippen molar-refractivity contribution in [1.29, 1.82) is 0 Å². The molecule has 8 unspecified atom stereocenters. The number of allylic oxidation sites excluding steroid dienone is 4. The molecule has 2 aromatic rings. The highest BCUT2D eigenvalue weighted by Gasteiger charge is 2.48. The van der Waals surface area contributed by atoms with Crippen LogP contribution in [0.15, 0.2) is 72.8 Å². The lowest BCUT2D eigenvalue weighted by Crippen LogP contribution is -2.29. The van der Waals surface area contributed by atoms with E-state index in [4.69, 9.17) is 28.4 Å². The van der Waals surface area contributed by atoms with Gasteiger partial charge in [0, 0.05) is 11.1 Å². The Labute approximate surface area is 317 Å². The van der Waals surface area contributed by atoms with E-state index >= 15 is 0 Å². The molecule has 0 aromatic heterocycles. The minimum absolute atomic E-state index is 0.163. The molecule has 0 amide bonds. The number of epoxide rings is 2. The van der Waals surface area contributed by atoms with Crippen LogP contribution in [0.3, 0.4) is 0 Å². The van der Waals surface area contributed by atoms with Crippen LogP contribution in [-0.4, -0.2) is 48.3 Å². The predicted molar refractivity (Wildman–Crippen MR) is 197 cm³/mol. The van der Waals surface area contributed by atoms with Crippen molar-refractivity contribution in [3.05, 3.63) is 95.1 Å². The van der Waals surface area contributed by atoms with E-state index in [2.05, 4.69) is 12.2 Å². The maximum absolute atomic E-state index is 12.7. The van der Waals surface area contributed by atoms with Crippen LogP contribution in [0.2, 0.25) is 0 Å². The Balaban J connectivity index is 0.000000167. The zero-order valence-corrected chi connectivity index (χ0v) is 31.3. The maximum Gasteiger partial charge on any atom is 0.312 e. The zero-order chi connectivity index (χ0) is 37.6. The molecule has 2 heterocycles. The van der Waals surface area contributed by atoms with Crippen LogP contribution in [-0.2, 0) is 47.6 Å². The highest BCUT2D eigenvalue weighted by molar-refractivity contribution is 5.76. The summed E-state index contributed by atoms with van der Waals surface area (Å²) >= 11 is 0. The third kappa shape index (κ3) is 10.1. The molecule has 4 aliphatic carbocycles. The minimum atomic E-state index is -1.00. The average Bonchev–Trinajstić information content (AvgIpc) is 4.14. The Hall–Kier alpha value is -4.28. The molecule has 288 valence electrons. The van der Waals surface area contributed by atoms with Crippen molar-refractivity contribution in [1.82, 2.24) is 0 Å².